The summed E-state index contributed by atoms with van der Waals surface area (Å²) >= 11 is 0. The van der Waals surface area contributed by atoms with Gasteiger partial charge >= 0.3 is 0 Å². The van der Waals surface area contributed by atoms with Crippen molar-refractivity contribution in [1.29, 1.82) is 0 Å². The molecule has 0 spiro atoms. The third kappa shape index (κ3) is 5.60. The van der Waals surface area contributed by atoms with Crippen LogP contribution in [0.1, 0.15) is 42.5 Å². The van der Waals surface area contributed by atoms with E-state index in [0.717, 1.165) is 42.6 Å². The topological polar surface area (TPSA) is 89.4 Å². The number of hydrogen-bond donors (Lipinski definition) is 3. The maximum absolute atomic E-state index is 14.1. The van der Waals surface area contributed by atoms with Gasteiger partial charge in [-0.05, 0) is 49.1 Å². The molecule has 2 unspecified atom stereocenters. The van der Waals surface area contributed by atoms with Gasteiger partial charge in [-0.3, -0.25) is 4.79 Å². The number of aromatic nitrogens is 2. The minimum atomic E-state index is -2.58. The molecule has 0 saturated carbocycles. The average molecular weight is 526 g/mol. The van der Waals surface area contributed by atoms with E-state index in [0.29, 0.717) is 29.4 Å². The molecule has 2 aliphatic heterocycles. The van der Waals surface area contributed by atoms with Crippen LogP contribution in [0.25, 0.3) is 11.3 Å². The van der Waals surface area contributed by atoms with Gasteiger partial charge < -0.3 is 25.4 Å². The fraction of sp³-hybridized carbons (Fsp3) is 0.429. The van der Waals surface area contributed by atoms with Crippen LogP contribution in [0.4, 0.5) is 14.6 Å². The highest BCUT2D eigenvalue weighted by molar-refractivity contribution is 5.79. The molecule has 0 bridgehead atoms. The molecule has 1 saturated heterocycles. The van der Waals surface area contributed by atoms with Crippen molar-refractivity contribution in [2.24, 2.45) is 0 Å². The minimum absolute atomic E-state index is 0.00548. The summed E-state index contributed by atoms with van der Waals surface area (Å²) in [6.07, 6.45) is -0.0653. The number of alkyl halides is 2. The smallest absolute Gasteiger partial charge is 0.260 e. The number of ether oxygens (including phenoxy) is 2. The molecule has 38 heavy (non-hydrogen) atoms. The third-order valence-electron chi connectivity index (χ3n) is 7.23. The van der Waals surface area contributed by atoms with E-state index >= 15 is 0 Å². The normalized spacial score (nSPS) is 20.9. The number of nitrogens with zero attached hydrogens (tertiary/aromatic N) is 2. The van der Waals surface area contributed by atoms with E-state index in [-0.39, 0.29) is 24.4 Å². The van der Waals surface area contributed by atoms with Crippen LogP contribution in [0.15, 0.2) is 48.5 Å². The monoisotopic (exact) mass is 525 g/mol. The summed E-state index contributed by atoms with van der Waals surface area (Å²) < 4.78 is 40.4. The number of methoxy groups -OCH3 is 2. The molecule has 8 nitrogen and oxygen atoms in total. The van der Waals surface area contributed by atoms with Crippen LogP contribution in [0, 0.1) is 0 Å². The summed E-state index contributed by atoms with van der Waals surface area (Å²) in [6.45, 7) is 1.80. The van der Waals surface area contributed by atoms with Gasteiger partial charge in [0.1, 0.15) is 11.9 Å². The van der Waals surface area contributed by atoms with Gasteiger partial charge in [0.05, 0.1) is 32.4 Å². The molecular formula is C28H33F2N5O3. The molecule has 5 rings (SSSR count). The van der Waals surface area contributed by atoms with Crippen LogP contribution in [-0.4, -0.2) is 55.5 Å². The van der Waals surface area contributed by atoms with E-state index in [4.69, 9.17) is 9.47 Å². The molecule has 3 atom stereocenters. The molecule has 1 amide bonds. The second kappa shape index (κ2) is 11.4. The van der Waals surface area contributed by atoms with Gasteiger partial charge in [-0.2, -0.15) is 5.10 Å². The highest BCUT2D eigenvalue weighted by Gasteiger charge is 2.35. The quantitative estimate of drug-likeness (QED) is 0.406. The van der Waals surface area contributed by atoms with Crippen molar-refractivity contribution in [3.63, 3.8) is 0 Å². The van der Waals surface area contributed by atoms with E-state index in [2.05, 4.69) is 21.0 Å². The Labute approximate surface area is 220 Å². The van der Waals surface area contributed by atoms with Gasteiger partial charge in [-0.25, -0.2) is 13.5 Å². The van der Waals surface area contributed by atoms with E-state index in [9.17, 15) is 13.6 Å². The minimum Gasteiger partial charge on any atom is -0.493 e. The number of anilines is 1. The Morgan fingerprint density at radius 2 is 1.92 bits per heavy atom. The zero-order valence-electron chi connectivity index (χ0n) is 21.5. The Balaban J connectivity index is 1.31. The third-order valence-corrected chi connectivity index (χ3v) is 7.23. The number of rotatable bonds is 8. The fourth-order valence-electron chi connectivity index (χ4n) is 5.21. The summed E-state index contributed by atoms with van der Waals surface area (Å²) in [6, 6.07) is 13.5. The number of piperidine rings is 1. The first-order chi connectivity index (χ1) is 18.4. The van der Waals surface area contributed by atoms with E-state index in [1.54, 1.807) is 26.4 Å². The molecule has 3 heterocycles. The van der Waals surface area contributed by atoms with Crippen molar-refractivity contribution < 1.29 is 23.0 Å². The van der Waals surface area contributed by atoms with Crippen molar-refractivity contribution in [1.82, 2.24) is 20.4 Å². The lowest BCUT2D eigenvalue weighted by atomic mass is 9.97. The van der Waals surface area contributed by atoms with E-state index in [1.165, 1.54) is 4.68 Å². The number of halogens is 2. The maximum atomic E-state index is 14.1. The predicted octanol–water partition coefficient (Wildman–Crippen LogP) is 4.34. The predicted molar refractivity (Wildman–Crippen MR) is 141 cm³/mol. The van der Waals surface area contributed by atoms with Crippen LogP contribution in [-0.2, 0) is 11.2 Å². The summed E-state index contributed by atoms with van der Waals surface area (Å²) in [5.74, 6) is 1.65. The number of amides is 1. The molecule has 0 aliphatic carbocycles. The van der Waals surface area contributed by atoms with Crippen LogP contribution >= 0.6 is 0 Å². The van der Waals surface area contributed by atoms with E-state index in [1.807, 2.05) is 36.4 Å². The first kappa shape index (κ1) is 26.0. The number of carbonyl (C=O) groups is 1. The first-order valence-electron chi connectivity index (χ1n) is 12.9. The van der Waals surface area contributed by atoms with Crippen LogP contribution in [0.3, 0.4) is 0 Å². The number of benzene rings is 2. The van der Waals surface area contributed by atoms with Crippen LogP contribution in [0.2, 0.25) is 0 Å². The van der Waals surface area contributed by atoms with Crippen molar-refractivity contribution in [2.75, 3.05) is 32.6 Å². The average Bonchev–Trinajstić information content (AvgIpc) is 3.37. The van der Waals surface area contributed by atoms with Gasteiger partial charge in [0, 0.05) is 24.2 Å². The lowest BCUT2D eigenvalue weighted by Gasteiger charge is -2.32. The highest BCUT2D eigenvalue weighted by Crippen LogP contribution is 2.41. The van der Waals surface area contributed by atoms with Crippen molar-refractivity contribution in [2.45, 2.75) is 50.2 Å². The largest absolute Gasteiger partial charge is 0.493 e. The Morgan fingerprint density at radius 1 is 1.13 bits per heavy atom. The first-order valence-corrected chi connectivity index (χ1v) is 12.9. The number of carbonyl (C=O) groups excluding carboxylic acids is 1. The molecule has 3 aromatic rings. The van der Waals surface area contributed by atoms with Gasteiger partial charge in [-0.1, -0.05) is 30.3 Å². The second-order valence-corrected chi connectivity index (χ2v) is 9.79. The number of hydrogen-bond acceptors (Lipinski definition) is 6. The summed E-state index contributed by atoms with van der Waals surface area (Å²) in [5, 5.41) is 14.3. The van der Waals surface area contributed by atoms with Gasteiger partial charge in [-0.15, -0.1) is 0 Å². The zero-order valence-corrected chi connectivity index (χ0v) is 21.5. The Bertz CT molecular complexity index is 1260. The molecule has 2 aromatic carbocycles. The lowest BCUT2D eigenvalue weighted by molar-refractivity contribution is -0.121. The second-order valence-electron chi connectivity index (χ2n) is 9.79. The van der Waals surface area contributed by atoms with Crippen molar-refractivity contribution in [3.8, 4) is 22.8 Å². The van der Waals surface area contributed by atoms with Crippen LogP contribution in [0.5, 0.6) is 11.5 Å². The summed E-state index contributed by atoms with van der Waals surface area (Å²) in [4.78, 5) is 12.4. The molecule has 2 aliphatic rings. The lowest BCUT2D eigenvalue weighted by Crippen LogP contribution is -2.46. The maximum Gasteiger partial charge on any atom is 0.260 e. The molecule has 3 N–H and O–H groups in total. The molecule has 202 valence electrons. The summed E-state index contributed by atoms with van der Waals surface area (Å²) in [5.41, 5.74) is 3.10. The standard InChI is InChI=1S/C28H33F2N5O3/c1-37-24-10-9-19(13-25(24)38-2)21-14-23(28(29)30)35-26(33-21)15-22(34-35)18-7-5-17(6-8-18)12-27(36)32-20-4-3-11-31-16-20/h5-10,13,15,20-21,23,28,31,33H,3-4,11-12,14,16H2,1-2H3,(H,32,36)/t20-,21?,23?/m1/s1. The van der Waals surface area contributed by atoms with Crippen LogP contribution < -0.4 is 25.4 Å². The van der Waals surface area contributed by atoms with Crippen molar-refractivity contribution in [3.05, 3.63) is 59.7 Å². The fourth-order valence-corrected chi connectivity index (χ4v) is 5.21. The number of fused-ring (bicyclic) bond motifs is 1. The van der Waals surface area contributed by atoms with Gasteiger partial charge in [0.15, 0.2) is 11.5 Å². The molecular weight excluding hydrogens is 492 g/mol. The Morgan fingerprint density at radius 3 is 2.61 bits per heavy atom. The Hall–Kier alpha value is -3.66. The Kier molecular flexibility index (Phi) is 7.78. The molecule has 10 heteroatoms. The summed E-state index contributed by atoms with van der Waals surface area (Å²) in [7, 11) is 3.10. The van der Waals surface area contributed by atoms with E-state index < -0.39 is 12.5 Å². The van der Waals surface area contributed by atoms with Crippen molar-refractivity contribution >= 4 is 11.7 Å². The van der Waals surface area contributed by atoms with Gasteiger partial charge in [0.25, 0.3) is 6.43 Å². The zero-order chi connectivity index (χ0) is 26.6. The molecule has 0 radical (unpaired) electrons. The molecule has 1 aromatic heterocycles. The van der Waals surface area contributed by atoms with Gasteiger partial charge in [0.2, 0.25) is 5.91 Å². The highest BCUT2D eigenvalue weighted by atomic mass is 19.3. The molecule has 1 fully saturated rings. The number of nitrogens with one attached hydrogen (secondary N) is 3. The SMILES string of the molecule is COc1ccc(C2CC(C(F)F)n3nc(-c4ccc(CC(=O)N[C@@H]5CCCNC5)cc4)cc3N2)cc1OC.